The minimum atomic E-state index is -0.221. The van der Waals surface area contributed by atoms with Gasteiger partial charge in [-0.15, -0.1) is 0 Å². The van der Waals surface area contributed by atoms with Gasteiger partial charge in [0.2, 0.25) is 5.91 Å². The average molecular weight is 424 g/mol. The molecule has 0 bridgehead atoms. The Labute approximate surface area is 182 Å². The lowest BCUT2D eigenvalue weighted by Gasteiger charge is -2.34. The zero-order valence-corrected chi connectivity index (χ0v) is 17.9. The van der Waals surface area contributed by atoms with Crippen LogP contribution in [0, 0.1) is 6.92 Å². The number of aryl methyl sites for hydroxylation is 1. The molecular formula is C23H29N5O3. The van der Waals surface area contributed by atoms with E-state index in [1.54, 1.807) is 6.20 Å². The molecule has 2 aromatic rings. The van der Waals surface area contributed by atoms with Gasteiger partial charge in [-0.25, -0.2) is 9.97 Å². The molecule has 0 saturated carbocycles. The highest BCUT2D eigenvalue weighted by molar-refractivity contribution is 6.04. The summed E-state index contributed by atoms with van der Waals surface area (Å²) in [6, 6.07) is 9.33. The summed E-state index contributed by atoms with van der Waals surface area (Å²) in [4.78, 5) is 38.6. The van der Waals surface area contributed by atoms with Gasteiger partial charge in [0.15, 0.2) is 0 Å². The molecule has 31 heavy (non-hydrogen) atoms. The Balaban J connectivity index is 1.39. The normalized spacial score (nSPS) is 19.8. The largest absolute Gasteiger partial charge is 0.379 e. The maximum Gasteiger partial charge on any atom is 0.259 e. The predicted molar refractivity (Wildman–Crippen MR) is 117 cm³/mol. The van der Waals surface area contributed by atoms with E-state index in [1.807, 2.05) is 42.2 Å². The van der Waals surface area contributed by atoms with Crippen molar-refractivity contribution in [3.63, 3.8) is 0 Å². The Kier molecular flexibility index (Phi) is 6.89. The van der Waals surface area contributed by atoms with Crippen LogP contribution < -0.4 is 5.32 Å². The number of hydrogen-bond donors (Lipinski definition) is 1. The van der Waals surface area contributed by atoms with Crippen molar-refractivity contribution in [3.05, 3.63) is 53.6 Å². The number of ether oxygens (including phenoxy) is 1. The molecule has 2 amide bonds. The van der Waals surface area contributed by atoms with Gasteiger partial charge in [-0.05, 0) is 31.9 Å². The molecule has 0 aliphatic carbocycles. The number of nitrogens with zero attached hydrogens (tertiary/aromatic N) is 4. The number of benzene rings is 1. The van der Waals surface area contributed by atoms with Gasteiger partial charge in [0.1, 0.15) is 5.82 Å². The highest BCUT2D eigenvalue weighted by Crippen LogP contribution is 2.25. The number of carbonyl (C=O) groups excluding carboxylic acids is 2. The molecule has 8 nitrogen and oxygen atoms in total. The number of piperidine rings is 1. The molecule has 1 atom stereocenters. The number of anilines is 1. The quantitative estimate of drug-likeness (QED) is 0.792. The molecule has 2 aliphatic rings. The van der Waals surface area contributed by atoms with Gasteiger partial charge in [0, 0.05) is 44.0 Å². The summed E-state index contributed by atoms with van der Waals surface area (Å²) < 4.78 is 5.36. The van der Waals surface area contributed by atoms with Gasteiger partial charge in [-0.1, -0.05) is 18.2 Å². The molecule has 8 heteroatoms. The lowest BCUT2D eigenvalue weighted by Crippen LogP contribution is -2.47. The fourth-order valence-electron chi connectivity index (χ4n) is 4.09. The van der Waals surface area contributed by atoms with Crippen LogP contribution in [0.4, 0.5) is 5.69 Å². The van der Waals surface area contributed by atoms with E-state index in [2.05, 4.69) is 20.2 Å². The molecule has 0 radical (unpaired) electrons. The Bertz CT molecular complexity index is 915. The summed E-state index contributed by atoms with van der Waals surface area (Å²) in [5, 5.41) is 2.87. The second kappa shape index (κ2) is 9.98. The molecule has 164 valence electrons. The third-order valence-electron chi connectivity index (χ3n) is 5.88. The van der Waals surface area contributed by atoms with Crippen LogP contribution in [0.25, 0.3) is 0 Å². The molecule has 1 aromatic heterocycles. The van der Waals surface area contributed by atoms with Gasteiger partial charge in [-0.3, -0.25) is 14.5 Å². The summed E-state index contributed by atoms with van der Waals surface area (Å²) in [5.74, 6) is 0.730. The van der Waals surface area contributed by atoms with E-state index >= 15 is 0 Å². The average Bonchev–Trinajstić information content (AvgIpc) is 2.80. The molecule has 2 fully saturated rings. The third kappa shape index (κ3) is 5.45. The van der Waals surface area contributed by atoms with Crippen LogP contribution in [0.5, 0.6) is 0 Å². The minimum absolute atomic E-state index is 0.0901. The van der Waals surface area contributed by atoms with Crippen molar-refractivity contribution >= 4 is 17.5 Å². The SMILES string of the molecule is Cc1nc(C2CCCN(C(=O)CN3CCOCC3)C2)ncc1C(=O)Nc1ccccc1. The Morgan fingerprint density at radius 2 is 1.94 bits per heavy atom. The van der Waals surface area contributed by atoms with E-state index in [9.17, 15) is 9.59 Å². The van der Waals surface area contributed by atoms with E-state index in [1.165, 1.54) is 0 Å². The lowest BCUT2D eigenvalue weighted by atomic mass is 9.96. The molecule has 1 aromatic carbocycles. The molecule has 1 unspecified atom stereocenters. The molecule has 4 rings (SSSR count). The summed E-state index contributed by atoms with van der Waals surface area (Å²) >= 11 is 0. The summed E-state index contributed by atoms with van der Waals surface area (Å²) in [5.41, 5.74) is 1.84. The van der Waals surface area contributed by atoms with E-state index in [-0.39, 0.29) is 17.7 Å². The van der Waals surface area contributed by atoms with Crippen LogP contribution in [0.3, 0.4) is 0 Å². The number of aromatic nitrogens is 2. The summed E-state index contributed by atoms with van der Waals surface area (Å²) in [6.45, 7) is 6.65. The molecular weight excluding hydrogens is 394 g/mol. The number of hydrogen-bond acceptors (Lipinski definition) is 6. The first kappa shape index (κ1) is 21.4. The van der Waals surface area contributed by atoms with Crippen molar-refractivity contribution in [2.45, 2.75) is 25.7 Å². The first-order valence-corrected chi connectivity index (χ1v) is 10.9. The number of rotatable bonds is 5. The smallest absolute Gasteiger partial charge is 0.259 e. The first-order valence-electron chi connectivity index (χ1n) is 10.9. The maximum absolute atomic E-state index is 12.8. The predicted octanol–water partition coefficient (Wildman–Crippen LogP) is 2.08. The molecule has 1 N–H and O–H groups in total. The number of morpholine rings is 1. The van der Waals surface area contributed by atoms with Crippen molar-refractivity contribution in [1.29, 1.82) is 0 Å². The first-order chi connectivity index (χ1) is 15.1. The maximum atomic E-state index is 12.8. The van der Waals surface area contributed by atoms with E-state index < -0.39 is 0 Å². The summed E-state index contributed by atoms with van der Waals surface area (Å²) in [6.07, 6.45) is 3.47. The van der Waals surface area contributed by atoms with Crippen molar-refractivity contribution in [2.75, 3.05) is 51.3 Å². The monoisotopic (exact) mass is 423 g/mol. The van der Waals surface area contributed by atoms with E-state index in [0.29, 0.717) is 43.4 Å². The fraction of sp³-hybridized carbons (Fsp3) is 0.478. The number of carbonyl (C=O) groups is 2. The number of nitrogens with one attached hydrogen (secondary N) is 1. The summed E-state index contributed by atoms with van der Waals surface area (Å²) in [7, 11) is 0. The Hall–Kier alpha value is -2.84. The number of para-hydroxylation sites is 1. The van der Waals surface area contributed by atoms with Crippen molar-refractivity contribution in [3.8, 4) is 0 Å². The topological polar surface area (TPSA) is 87.7 Å². The molecule has 2 aliphatic heterocycles. The van der Waals surface area contributed by atoms with Crippen LogP contribution in [0.15, 0.2) is 36.5 Å². The second-order valence-corrected chi connectivity index (χ2v) is 8.11. The lowest BCUT2D eigenvalue weighted by molar-refractivity contribution is -0.134. The van der Waals surface area contributed by atoms with Crippen molar-refractivity contribution in [2.24, 2.45) is 0 Å². The van der Waals surface area contributed by atoms with E-state index in [0.717, 1.165) is 38.2 Å². The van der Waals surface area contributed by atoms with Crippen LogP contribution in [-0.2, 0) is 9.53 Å². The van der Waals surface area contributed by atoms with Gasteiger partial charge in [-0.2, -0.15) is 0 Å². The third-order valence-corrected chi connectivity index (χ3v) is 5.88. The molecule has 0 spiro atoms. The van der Waals surface area contributed by atoms with Gasteiger partial charge in [0.05, 0.1) is 31.0 Å². The standard InChI is InChI=1S/C23H29N5O3/c1-17-20(23(30)26-19-7-3-2-4-8-19)14-24-22(25-17)18-6-5-9-28(15-18)21(29)16-27-10-12-31-13-11-27/h2-4,7-8,14,18H,5-6,9-13,15-16H2,1H3,(H,26,30). The Morgan fingerprint density at radius 1 is 1.16 bits per heavy atom. The molecule has 3 heterocycles. The zero-order chi connectivity index (χ0) is 21.6. The fourth-order valence-corrected chi connectivity index (χ4v) is 4.09. The van der Waals surface area contributed by atoms with Crippen molar-refractivity contribution < 1.29 is 14.3 Å². The Morgan fingerprint density at radius 3 is 2.68 bits per heavy atom. The highest BCUT2D eigenvalue weighted by atomic mass is 16.5. The van der Waals surface area contributed by atoms with Crippen LogP contribution in [0.2, 0.25) is 0 Å². The van der Waals surface area contributed by atoms with Gasteiger partial charge >= 0.3 is 0 Å². The van der Waals surface area contributed by atoms with Crippen LogP contribution >= 0.6 is 0 Å². The van der Waals surface area contributed by atoms with E-state index in [4.69, 9.17) is 4.74 Å². The number of likely N-dealkylation sites (tertiary alicyclic amines) is 1. The highest BCUT2D eigenvalue weighted by Gasteiger charge is 2.28. The second-order valence-electron chi connectivity index (χ2n) is 8.11. The number of amides is 2. The van der Waals surface area contributed by atoms with Gasteiger partial charge < -0.3 is 15.0 Å². The van der Waals surface area contributed by atoms with Crippen LogP contribution in [0.1, 0.15) is 40.6 Å². The minimum Gasteiger partial charge on any atom is -0.379 e. The van der Waals surface area contributed by atoms with Crippen LogP contribution in [-0.4, -0.2) is 77.5 Å². The van der Waals surface area contributed by atoms with Crippen molar-refractivity contribution in [1.82, 2.24) is 19.8 Å². The van der Waals surface area contributed by atoms with Gasteiger partial charge in [0.25, 0.3) is 5.91 Å². The zero-order valence-electron chi connectivity index (χ0n) is 17.9. The molecule has 2 saturated heterocycles.